The van der Waals surface area contributed by atoms with Gasteiger partial charge >= 0.3 is 0 Å². The molecule has 0 unspecified atom stereocenters. The number of rotatable bonds is 7. The van der Waals surface area contributed by atoms with Crippen molar-refractivity contribution < 1.29 is 4.79 Å². The predicted molar refractivity (Wildman–Crippen MR) is 120 cm³/mol. The maximum Gasteiger partial charge on any atom is 0.237 e. The van der Waals surface area contributed by atoms with E-state index >= 15 is 0 Å². The summed E-state index contributed by atoms with van der Waals surface area (Å²) in [6, 6.07) is 13.7. The largest absolute Gasteiger partial charge is 0.311 e. The molecule has 0 saturated heterocycles. The molecule has 0 fully saturated rings. The average molecular weight is 440 g/mol. The summed E-state index contributed by atoms with van der Waals surface area (Å²) in [5.74, 6) is 0.0728. The van der Waals surface area contributed by atoms with Gasteiger partial charge < -0.3 is 4.90 Å². The summed E-state index contributed by atoms with van der Waals surface area (Å²) < 4.78 is 1.89. The van der Waals surface area contributed by atoms with Crippen molar-refractivity contribution in [2.24, 2.45) is 0 Å². The summed E-state index contributed by atoms with van der Waals surface area (Å²) in [6.45, 7) is 6.29. The Balaban J connectivity index is 1.78. The average Bonchev–Trinajstić information content (AvgIpc) is 3.17. The SMILES string of the molecule is Cc1ccc(-n2cnnc2SCC(=O)N(CCC#N)c2ccc(Cl)c(C)c2)c(C)c1. The van der Waals surface area contributed by atoms with E-state index in [2.05, 4.69) is 22.3 Å². The number of hydrogen-bond donors (Lipinski definition) is 0. The maximum atomic E-state index is 13.0. The van der Waals surface area contributed by atoms with E-state index in [9.17, 15) is 4.79 Å². The molecule has 0 aliphatic heterocycles. The third-order valence-electron chi connectivity index (χ3n) is 4.65. The molecule has 0 N–H and O–H groups in total. The van der Waals surface area contributed by atoms with Crippen LogP contribution in [-0.4, -0.2) is 33.0 Å². The van der Waals surface area contributed by atoms with Crippen molar-refractivity contribution in [2.45, 2.75) is 32.3 Å². The van der Waals surface area contributed by atoms with E-state index in [1.54, 1.807) is 23.4 Å². The number of carbonyl (C=O) groups excluding carboxylic acids is 1. The van der Waals surface area contributed by atoms with Gasteiger partial charge in [0.15, 0.2) is 5.16 Å². The van der Waals surface area contributed by atoms with E-state index in [-0.39, 0.29) is 18.1 Å². The van der Waals surface area contributed by atoms with Crippen LogP contribution >= 0.6 is 23.4 Å². The Bertz CT molecular complexity index is 1110. The highest BCUT2D eigenvalue weighted by atomic mass is 35.5. The fourth-order valence-corrected chi connectivity index (χ4v) is 4.04. The summed E-state index contributed by atoms with van der Waals surface area (Å²) in [5.41, 5.74) is 4.88. The van der Waals surface area contributed by atoms with E-state index in [4.69, 9.17) is 16.9 Å². The first-order valence-electron chi connectivity index (χ1n) is 9.44. The molecular formula is C22H22ClN5OS. The minimum atomic E-state index is -0.104. The highest BCUT2D eigenvalue weighted by Gasteiger charge is 2.18. The number of benzene rings is 2. The van der Waals surface area contributed by atoms with E-state index in [0.29, 0.717) is 16.7 Å². The number of carbonyl (C=O) groups is 1. The van der Waals surface area contributed by atoms with Gasteiger partial charge in [-0.2, -0.15) is 5.26 Å². The minimum Gasteiger partial charge on any atom is -0.311 e. The Hall–Kier alpha value is -2.82. The fourth-order valence-electron chi connectivity index (χ4n) is 3.12. The summed E-state index contributed by atoms with van der Waals surface area (Å²) in [4.78, 5) is 14.6. The van der Waals surface area contributed by atoms with Crippen molar-refractivity contribution in [3.63, 3.8) is 0 Å². The minimum absolute atomic E-state index is 0.104. The molecule has 0 aliphatic rings. The quantitative estimate of drug-likeness (QED) is 0.490. The lowest BCUT2D eigenvalue weighted by Crippen LogP contribution is -2.33. The van der Waals surface area contributed by atoms with E-state index in [1.807, 2.05) is 43.5 Å². The van der Waals surface area contributed by atoms with Crippen LogP contribution in [0.4, 0.5) is 5.69 Å². The van der Waals surface area contributed by atoms with Gasteiger partial charge in [-0.15, -0.1) is 10.2 Å². The molecule has 3 rings (SSSR count). The van der Waals surface area contributed by atoms with Crippen molar-refractivity contribution in [3.05, 3.63) is 64.4 Å². The number of anilines is 1. The highest BCUT2D eigenvalue weighted by molar-refractivity contribution is 7.99. The van der Waals surface area contributed by atoms with Gasteiger partial charge in [-0.25, -0.2) is 0 Å². The Labute approximate surface area is 185 Å². The molecule has 0 radical (unpaired) electrons. The topological polar surface area (TPSA) is 74.8 Å². The molecule has 0 atom stereocenters. The van der Waals surface area contributed by atoms with Gasteiger partial charge in [0.25, 0.3) is 0 Å². The number of amides is 1. The van der Waals surface area contributed by atoms with Crippen LogP contribution in [-0.2, 0) is 4.79 Å². The number of aryl methyl sites for hydroxylation is 3. The number of hydrogen-bond acceptors (Lipinski definition) is 5. The molecular weight excluding hydrogens is 418 g/mol. The second kappa shape index (κ2) is 9.79. The summed E-state index contributed by atoms with van der Waals surface area (Å²) in [6.07, 6.45) is 1.90. The first-order chi connectivity index (χ1) is 14.4. The molecule has 1 heterocycles. The second-order valence-corrected chi connectivity index (χ2v) is 8.30. The van der Waals surface area contributed by atoms with Crippen LogP contribution in [0.2, 0.25) is 5.02 Å². The maximum absolute atomic E-state index is 13.0. The van der Waals surface area contributed by atoms with E-state index in [0.717, 1.165) is 22.5 Å². The molecule has 0 bridgehead atoms. The summed E-state index contributed by atoms with van der Waals surface area (Å²) in [7, 11) is 0. The molecule has 154 valence electrons. The van der Waals surface area contributed by atoms with Crippen LogP contribution < -0.4 is 4.90 Å². The zero-order valence-corrected chi connectivity index (χ0v) is 18.7. The third-order valence-corrected chi connectivity index (χ3v) is 6.01. The Morgan fingerprint density at radius 1 is 1.20 bits per heavy atom. The molecule has 1 amide bonds. The van der Waals surface area contributed by atoms with Gasteiger partial charge in [0.2, 0.25) is 5.91 Å². The Morgan fingerprint density at radius 2 is 2.00 bits per heavy atom. The number of nitriles is 1. The van der Waals surface area contributed by atoms with Gasteiger partial charge in [0, 0.05) is 17.3 Å². The molecule has 0 spiro atoms. The van der Waals surface area contributed by atoms with E-state index in [1.165, 1.54) is 17.3 Å². The monoisotopic (exact) mass is 439 g/mol. The van der Waals surface area contributed by atoms with E-state index < -0.39 is 0 Å². The molecule has 8 heteroatoms. The zero-order valence-electron chi connectivity index (χ0n) is 17.1. The van der Waals surface area contributed by atoms with Gasteiger partial charge in [-0.3, -0.25) is 9.36 Å². The second-order valence-electron chi connectivity index (χ2n) is 6.95. The van der Waals surface area contributed by atoms with Gasteiger partial charge in [-0.05, 0) is 56.2 Å². The molecule has 0 aliphatic carbocycles. The Kier molecular flexibility index (Phi) is 7.14. The lowest BCUT2D eigenvalue weighted by Gasteiger charge is -2.22. The highest BCUT2D eigenvalue weighted by Crippen LogP contribution is 2.26. The fraction of sp³-hybridized carbons (Fsp3) is 0.273. The molecule has 3 aromatic rings. The van der Waals surface area contributed by atoms with Crippen molar-refractivity contribution in [1.82, 2.24) is 14.8 Å². The first kappa shape index (κ1) is 21.9. The number of thioether (sulfide) groups is 1. The van der Waals surface area contributed by atoms with Crippen molar-refractivity contribution in [2.75, 3.05) is 17.2 Å². The molecule has 0 saturated carbocycles. The van der Waals surface area contributed by atoms with Crippen LogP contribution in [0.3, 0.4) is 0 Å². The van der Waals surface area contributed by atoms with Gasteiger partial charge in [0.1, 0.15) is 6.33 Å². The predicted octanol–water partition coefficient (Wildman–Crippen LogP) is 4.88. The molecule has 6 nitrogen and oxygen atoms in total. The van der Waals surface area contributed by atoms with Gasteiger partial charge in [0.05, 0.1) is 23.9 Å². The van der Waals surface area contributed by atoms with Crippen LogP contribution in [0.25, 0.3) is 5.69 Å². The number of nitrogens with zero attached hydrogens (tertiary/aromatic N) is 5. The smallest absolute Gasteiger partial charge is 0.237 e. The summed E-state index contributed by atoms with van der Waals surface area (Å²) in [5, 5.41) is 18.5. The standard InChI is InChI=1S/C22H22ClN5OS/c1-15-5-8-20(17(3)11-15)28-14-25-26-22(28)30-13-21(29)27(10-4-9-24)18-6-7-19(23)16(2)12-18/h5-8,11-12,14H,4,10,13H2,1-3H3. The van der Waals surface area contributed by atoms with Crippen LogP contribution in [0.15, 0.2) is 47.9 Å². The molecule has 1 aromatic heterocycles. The van der Waals surface area contributed by atoms with Crippen LogP contribution in [0, 0.1) is 32.1 Å². The number of aromatic nitrogens is 3. The summed E-state index contributed by atoms with van der Waals surface area (Å²) >= 11 is 7.44. The number of halogens is 1. The first-order valence-corrected chi connectivity index (χ1v) is 10.8. The molecule has 2 aromatic carbocycles. The van der Waals surface area contributed by atoms with Crippen molar-refractivity contribution >= 4 is 35.0 Å². The zero-order chi connectivity index (χ0) is 21.7. The van der Waals surface area contributed by atoms with Crippen LogP contribution in [0.5, 0.6) is 0 Å². The lowest BCUT2D eigenvalue weighted by molar-refractivity contribution is -0.116. The Morgan fingerprint density at radius 3 is 2.70 bits per heavy atom. The lowest BCUT2D eigenvalue weighted by atomic mass is 10.1. The third kappa shape index (κ3) is 5.02. The van der Waals surface area contributed by atoms with Crippen LogP contribution in [0.1, 0.15) is 23.1 Å². The normalized spacial score (nSPS) is 10.6. The van der Waals surface area contributed by atoms with Crippen molar-refractivity contribution in [3.8, 4) is 11.8 Å². The van der Waals surface area contributed by atoms with Gasteiger partial charge in [-0.1, -0.05) is 41.1 Å². The van der Waals surface area contributed by atoms with Crippen molar-refractivity contribution in [1.29, 1.82) is 5.26 Å². The molecule has 30 heavy (non-hydrogen) atoms.